The largest absolute Gasteiger partial charge is 0.465 e. The SMILES string of the molecule is COC(=O)c1ccc(NC(=O)CN2C[C@@H](CC(C)(C)C)[C@](C#N)(c3ccc(Cl)cc3F)[C@H]2c2cccc(Cl)c2F)cc1C. The smallest absolute Gasteiger partial charge is 0.338 e. The molecule has 4 rings (SSSR count). The molecule has 1 amide bonds. The molecule has 1 saturated heterocycles. The molecule has 0 bridgehead atoms. The Morgan fingerprint density at radius 2 is 1.86 bits per heavy atom. The summed E-state index contributed by atoms with van der Waals surface area (Å²) in [6, 6.07) is 14.7. The molecule has 43 heavy (non-hydrogen) atoms. The number of ether oxygens (including phenoxy) is 1. The number of hydrogen-bond acceptors (Lipinski definition) is 5. The van der Waals surface area contributed by atoms with E-state index >= 15 is 8.78 Å². The summed E-state index contributed by atoms with van der Waals surface area (Å²) in [6.07, 6.45) is 0.480. The number of hydrogen-bond donors (Lipinski definition) is 1. The van der Waals surface area contributed by atoms with Crippen LogP contribution in [0.5, 0.6) is 0 Å². The lowest BCUT2D eigenvalue weighted by Crippen LogP contribution is -2.41. The lowest BCUT2D eigenvalue weighted by atomic mass is 9.63. The molecule has 3 atom stereocenters. The van der Waals surface area contributed by atoms with Crippen LogP contribution in [0.3, 0.4) is 0 Å². The second-order valence-corrected chi connectivity index (χ2v) is 13.0. The van der Waals surface area contributed by atoms with E-state index in [-0.39, 0.29) is 39.7 Å². The Balaban J connectivity index is 1.82. The topological polar surface area (TPSA) is 82.4 Å². The zero-order chi connectivity index (χ0) is 31.7. The van der Waals surface area contributed by atoms with Crippen molar-refractivity contribution in [3.8, 4) is 6.07 Å². The molecule has 0 spiro atoms. The van der Waals surface area contributed by atoms with Crippen molar-refractivity contribution in [2.75, 3.05) is 25.5 Å². The number of carbonyl (C=O) groups excluding carboxylic acids is 2. The van der Waals surface area contributed by atoms with Crippen LogP contribution >= 0.6 is 23.2 Å². The van der Waals surface area contributed by atoms with E-state index in [2.05, 4.69) is 11.4 Å². The molecule has 10 heteroatoms. The van der Waals surface area contributed by atoms with Crippen molar-refractivity contribution in [1.29, 1.82) is 5.26 Å². The van der Waals surface area contributed by atoms with Gasteiger partial charge in [0.25, 0.3) is 0 Å². The molecule has 3 aromatic carbocycles. The van der Waals surface area contributed by atoms with Gasteiger partial charge in [-0.15, -0.1) is 0 Å². The van der Waals surface area contributed by atoms with E-state index in [1.807, 2.05) is 20.8 Å². The van der Waals surface area contributed by atoms with Gasteiger partial charge < -0.3 is 10.1 Å². The van der Waals surface area contributed by atoms with Crippen LogP contribution in [-0.2, 0) is 14.9 Å². The fourth-order valence-corrected chi connectivity index (χ4v) is 6.55. The zero-order valence-corrected chi connectivity index (χ0v) is 26.1. The molecule has 0 unspecified atom stereocenters. The first-order chi connectivity index (χ1) is 20.2. The molecule has 3 aromatic rings. The maximum Gasteiger partial charge on any atom is 0.338 e. The van der Waals surface area contributed by atoms with Gasteiger partial charge >= 0.3 is 5.97 Å². The molecule has 1 N–H and O–H groups in total. The Bertz CT molecular complexity index is 1600. The third-order valence-electron chi connectivity index (χ3n) is 7.85. The maximum atomic E-state index is 15.8. The summed E-state index contributed by atoms with van der Waals surface area (Å²) in [5.41, 5.74) is -0.291. The second kappa shape index (κ2) is 12.6. The molecule has 1 aliphatic heterocycles. The molecule has 1 fully saturated rings. The normalized spacial score (nSPS) is 20.5. The summed E-state index contributed by atoms with van der Waals surface area (Å²) in [5.74, 6) is -2.85. The maximum absolute atomic E-state index is 15.8. The molecule has 226 valence electrons. The number of nitriles is 1. The number of benzene rings is 3. The molecule has 0 radical (unpaired) electrons. The third-order valence-corrected chi connectivity index (χ3v) is 8.38. The first kappa shape index (κ1) is 32.4. The van der Waals surface area contributed by atoms with Gasteiger partial charge in [-0.3, -0.25) is 9.69 Å². The number of anilines is 1. The first-order valence-electron chi connectivity index (χ1n) is 13.8. The monoisotopic (exact) mass is 627 g/mol. The van der Waals surface area contributed by atoms with Crippen LogP contribution in [-0.4, -0.2) is 37.0 Å². The number of esters is 1. The standard InChI is InChI=1S/C33H33Cl2F2N3O3/c1-19-13-22(10-11-23(19)31(42)43-5)39-28(41)17-40-16-20(15-32(2,3)4)33(18-38,25-12-9-21(34)14-27(25)36)30(40)24-7-6-8-26(35)29(24)37/h6-14,20,30H,15-17H2,1-5H3,(H,39,41)/t20-,30-,33-/m1/s1. The van der Waals surface area contributed by atoms with E-state index in [4.69, 9.17) is 27.9 Å². The molecule has 6 nitrogen and oxygen atoms in total. The average molecular weight is 629 g/mol. The lowest BCUT2D eigenvalue weighted by Gasteiger charge is -2.38. The van der Waals surface area contributed by atoms with Crippen LogP contribution in [0.2, 0.25) is 10.0 Å². The van der Waals surface area contributed by atoms with Gasteiger partial charge in [0.1, 0.15) is 17.0 Å². The average Bonchev–Trinajstić information content (AvgIpc) is 3.21. The Morgan fingerprint density at radius 1 is 1.14 bits per heavy atom. The van der Waals surface area contributed by atoms with Gasteiger partial charge in [0.2, 0.25) is 5.91 Å². The van der Waals surface area contributed by atoms with Gasteiger partial charge in [-0.25, -0.2) is 13.6 Å². The first-order valence-corrected chi connectivity index (χ1v) is 14.5. The van der Waals surface area contributed by atoms with E-state index in [1.54, 1.807) is 36.1 Å². The van der Waals surface area contributed by atoms with Gasteiger partial charge in [0.05, 0.1) is 36.4 Å². The van der Waals surface area contributed by atoms with E-state index in [9.17, 15) is 14.9 Å². The highest BCUT2D eigenvalue weighted by molar-refractivity contribution is 6.31. The van der Waals surface area contributed by atoms with Crippen LogP contribution in [0.15, 0.2) is 54.6 Å². The zero-order valence-electron chi connectivity index (χ0n) is 24.6. The van der Waals surface area contributed by atoms with Crippen LogP contribution in [0.4, 0.5) is 14.5 Å². The number of methoxy groups -OCH3 is 1. The van der Waals surface area contributed by atoms with Crippen molar-refractivity contribution in [2.24, 2.45) is 11.3 Å². The minimum Gasteiger partial charge on any atom is -0.465 e. The summed E-state index contributed by atoms with van der Waals surface area (Å²) < 4.78 is 36.3. The number of nitrogens with one attached hydrogen (secondary N) is 1. The summed E-state index contributed by atoms with van der Waals surface area (Å²) in [7, 11) is 1.29. The van der Waals surface area contributed by atoms with Crippen molar-refractivity contribution in [3.63, 3.8) is 0 Å². The Labute approximate surface area is 260 Å². The number of halogens is 4. The van der Waals surface area contributed by atoms with Gasteiger partial charge in [-0.05, 0) is 66.6 Å². The van der Waals surface area contributed by atoms with Gasteiger partial charge in [0.15, 0.2) is 0 Å². The predicted molar refractivity (Wildman–Crippen MR) is 163 cm³/mol. The van der Waals surface area contributed by atoms with Gasteiger partial charge in [-0.2, -0.15) is 5.26 Å². The molecule has 0 aromatic heterocycles. The summed E-state index contributed by atoms with van der Waals surface area (Å²) >= 11 is 12.3. The van der Waals surface area contributed by atoms with Crippen molar-refractivity contribution < 1.29 is 23.1 Å². The van der Waals surface area contributed by atoms with Crippen LogP contribution in [0.1, 0.15) is 60.3 Å². The fourth-order valence-electron chi connectivity index (χ4n) is 6.21. The molecule has 0 aliphatic carbocycles. The number of likely N-dealkylation sites (tertiary alicyclic amines) is 1. The minimum absolute atomic E-state index is 0.0787. The van der Waals surface area contributed by atoms with E-state index < -0.39 is 40.9 Å². The number of carbonyl (C=O) groups is 2. The van der Waals surface area contributed by atoms with Crippen molar-refractivity contribution in [3.05, 3.63) is 98.5 Å². The Hall–Kier alpha value is -3.51. The summed E-state index contributed by atoms with van der Waals surface area (Å²) in [5, 5.41) is 13.8. The van der Waals surface area contributed by atoms with Crippen LogP contribution in [0.25, 0.3) is 0 Å². The highest BCUT2D eigenvalue weighted by Gasteiger charge is 2.58. The summed E-state index contributed by atoms with van der Waals surface area (Å²) in [6.45, 7) is 7.73. The van der Waals surface area contributed by atoms with Crippen molar-refractivity contribution in [1.82, 2.24) is 4.90 Å². The second-order valence-electron chi connectivity index (χ2n) is 12.1. The van der Waals surface area contributed by atoms with Crippen LogP contribution < -0.4 is 5.32 Å². The molecular formula is C33H33Cl2F2N3O3. The van der Waals surface area contributed by atoms with Crippen molar-refractivity contribution in [2.45, 2.75) is 45.6 Å². The van der Waals surface area contributed by atoms with E-state index in [1.165, 1.54) is 31.4 Å². The summed E-state index contributed by atoms with van der Waals surface area (Å²) in [4.78, 5) is 27.2. The van der Waals surface area contributed by atoms with E-state index in [0.29, 0.717) is 23.2 Å². The number of amides is 1. The van der Waals surface area contributed by atoms with Crippen LogP contribution in [0, 0.1) is 41.2 Å². The number of aryl methyl sites for hydroxylation is 1. The minimum atomic E-state index is -1.59. The Morgan fingerprint density at radius 3 is 2.47 bits per heavy atom. The lowest BCUT2D eigenvalue weighted by molar-refractivity contribution is -0.117. The molecule has 1 aliphatic rings. The number of rotatable bonds is 7. The molecule has 0 saturated carbocycles. The van der Waals surface area contributed by atoms with Gasteiger partial charge in [-0.1, -0.05) is 62.2 Å². The fraction of sp³-hybridized carbons (Fsp3) is 0.364. The third kappa shape index (κ3) is 6.54. The van der Waals surface area contributed by atoms with Gasteiger partial charge in [0, 0.05) is 28.4 Å². The highest BCUT2D eigenvalue weighted by Crippen LogP contribution is 2.56. The predicted octanol–water partition coefficient (Wildman–Crippen LogP) is 7.88. The quantitative estimate of drug-likeness (QED) is 0.269. The molecule has 1 heterocycles. The molecular weight excluding hydrogens is 595 g/mol. The van der Waals surface area contributed by atoms with E-state index in [0.717, 1.165) is 6.07 Å². The number of nitrogens with zero attached hydrogens (tertiary/aromatic N) is 2. The Kier molecular flexibility index (Phi) is 9.51. The highest BCUT2D eigenvalue weighted by atomic mass is 35.5. The van der Waals surface area contributed by atoms with Crippen molar-refractivity contribution >= 4 is 40.8 Å².